The average molecular weight is 265 g/mol. The van der Waals surface area contributed by atoms with Crippen LogP contribution in [0.25, 0.3) is 0 Å². The van der Waals surface area contributed by atoms with Crippen molar-refractivity contribution in [3.63, 3.8) is 0 Å². The average Bonchev–Trinajstić information content (AvgIpc) is 2.43. The maximum absolute atomic E-state index is 11.8. The van der Waals surface area contributed by atoms with E-state index in [4.69, 9.17) is 4.74 Å². The van der Waals surface area contributed by atoms with Gasteiger partial charge >= 0.3 is 0 Å². The molecule has 0 bridgehead atoms. The van der Waals surface area contributed by atoms with Crippen LogP contribution in [0.3, 0.4) is 0 Å². The molecule has 1 rings (SSSR count). The van der Waals surface area contributed by atoms with Gasteiger partial charge in [-0.1, -0.05) is 26.0 Å². The van der Waals surface area contributed by atoms with Crippen LogP contribution < -0.4 is 10.1 Å². The fraction of sp³-hybridized carbons (Fsp3) is 0.533. The third kappa shape index (κ3) is 4.56. The summed E-state index contributed by atoms with van der Waals surface area (Å²) in [6.07, 6.45) is 1.38. The molecule has 1 aromatic rings. The van der Waals surface area contributed by atoms with Gasteiger partial charge in [0.15, 0.2) is 6.61 Å². The van der Waals surface area contributed by atoms with Crippen LogP contribution in [0.5, 0.6) is 5.75 Å². The largest absolute Gasteiger partial charge is 0.484 e. The zero-order valence-electron chi connectivity index (χ0n) is 11.9. The van der Waals surface area contributed by atoms with E-state index in [1.807, 2.05) is 45.0 Å². The van der Waals surface area contributed by atoms with Gasteiger partial charge in [-0.2, -0.15) is 0 Å². The van der Waals surface area contributed by atoms with Crippen molar-refractivity contribution < 1.29 is 14.6 Å². The molecule has 0 aromatic heterocycles. The minimum absolute atomic E-state index is 0.0365. The summed E-state index contributed by atoms with van der Waals surface area (Å²) in [6, 6.07) is 7.56. The lowest BCUT2D eigenvalue weighted by molar-refractivity contribution is -0.125. The summed E-state index contributed by atoms with van der Waals surface area (Å²) in [5, 5.41) is 12.2. The topological polar surface area (TPSA) is 58.6 Å². The standard InChI is InChI=1S/C15H23NO3/c1-4-15(5-2,11-17)16-14(18)10-19-13-8-6-7-12(3)9-13/h6-9,17H,4-5,10-11H2,1-3H3,(H,16,18). The summed E-state index contributed by atoms with van der Waals surface area (Å²) in [7, 11) is 0. The molecule has 0 spiro atoms. The molecular weight excluding hydrogens is 242 g/mol. The number of aliphatic hydroxyl groups excluding tert-OH is 1. The van der Waals surface area contributed by atoms with Crippen molar-refractivity contribution >= 4 is 5.91 Å². The molecule has 1 aromatic carbocycles. The minimum atomic E-state index is -0.535. The van der Waals surface area contributed by atoms with Gasteiger partial charge in [0.25, 0.3) is 5.91 Å². The molecule has 0 aliphatic heterocycles. The van der Waals surface area contributed by atoms with Gasteiger partial charge in [-0.05, 0) is 37.5 Å². The molecule has 0 saturated heterocycles. The fourth-order valence-electron chi connectivity index (χ4n) is 1.88. The van der Waals surface area contributed by atoms with Crippen LogP contribution in [0.4, 0.5) is 0 Å². The summed E-state index contributed by atoms with van der Waals surface area (Å²) < 4.78 is 5.43. The van der Waals surface area contributed by atoms with E-state index in [0.717, 1.165) is 5.56 Å². The molecular formula is C15H23NO3. The first-order valence-corrected chi connectivity index (χ1v) is 6.66. The van der Waals surface area contributed by atoms with E-state index in [9.17, 15) is 9.90 Å². The number of carbonyl (C=O) groups is 1. The van der Waals surface area contributed by atoms with Gasteiger partial charge in [0, 0.05) is 0 Å². The second kappa shape index (κ2) is 7.14. The monoisotopic (exact) mass is 265 g/mol. The van der Waals surface area contributed by atoms with Crippen molar-refractivity contribution in [3.8, 4) is 5.75 Å². The molecule has 0 unspecified atom stereocenters. The lowest BCUT2D eigenvalue weighted by Crippen LogP contribution is -2.51. The van der Waals surface area contributed by atoms with E-state index in [2.05, 4.69) is 5.32 Å². The SMILES string of the molecule is CCC(CC)(CO)NC(=O)COc1cccc(C)c1. The third-order valence-electron chi connectivity index (χ3n) is 3.42. The highest BCUT2D eigenvalue weighted by molar-refractivity contribution is 5.78. The first-order chi connectivity index (χ1) is 9.05. The van der Waals surface area contributed by atoms with Crippen molar-refractivity contribution in [1.29, 1.82) is 0 Å². The molecule has 1 amide bonds. The highest BCUT2D eigenvalue weighted by atomic mass is 16.5. The molecule has 19 heavy (non-hydrogen) atoms. The van der Waals surface area contributed by atoms with Crippen molar-refractivity contribution in [2.45, 2.75) is 39.2 Å². The molecule has 0 radical (unpaired) electrons. The molecule has 0 heterocycles. The molecule has 0 atom stereocenters. The quantitative estimate of drug-likeness (QED) is 0.793. The van der Waals surface area contributed by atoms with Gasteiger partial charge < -0.3 is 15.2 Å². The fourth-order valence-corrected chi connectivity index (χ4v) is 1.88. The number of benzene rings is 1. The Kier molecular flexibility index (Phi) is 5.83. The highest BCUT2D eigenvalue weighted by Crippen LogP contribution is 2.15. The molecule has 106 valence electrons. The first-order valence-electron chi connectivity index (χ1n) is 6.66. The van der Waals surface area contributed by atoms with Gasteiger partial charge in [-0.25, -0.2) is 0 Å². The smallest absolute Gasteiger partial charge is 0.258 e. The Morgan fingerprint density at radius 2 is 2.05 bits per heavy atom. The zero-order valence-corrected chi connectivity index (χ0v) is 11.9. The van der Waals surface area contributed by atoms with Gasteiger partial charge in [0.05, 0.1) is 12.1 Å². The number of ether oxygens (including phenoxy) is 1. The Bertz CT molecular complexity index is 405. The summed E-state index contributed by atoms with van der Waals surface area (Å²) in [5.41, 5.74) is 0.553. The van der Waals surface area contributed by atoms with E-state index >= 15 is 0 Å². The Hall–Kier alpha value is -1.55. The van der Waals surface area contributed by atoms with Gasteiger partial charge in [0.2, 0.25) is 0 Å². The number of aryl methyl sites for hydroxylation is 1. The normalized spacial score (nSPS) is 11.2. The second-order valence-corrected chi connectivity index (χ2v) is 4.80. The highest BCUT2D eigenvalue weighted by Gasteiger charge is 2.27. The Labute approximate surface area is 114 Å². The number of hydrogen-bond donors (Lipinski definition) is 2. The lowest BCUT2D eigenvalue weighted by atomic mass is 9.94. The Morgan fingerprint density at radius 1 is 1.37 bits per heavy atom. The van der Waals surface area contributed by atoms with Crippen LogP contribution in [-0.4, -0.2) is 29.8 Å². The summed E-state index contributed by atoms with van der Waals surface area (Å²) in [4.78, 5) is 11.8. The number of carbonyl (C=O) groups excluding carboxylic acids is 1. The van der Waals surface area contributed by atoms with Crippen molar-refractivity contribution in [2.75, 3.05) is 13.2 Å². The van der Waals surface area contributed by atoms with Crippen LogP contribution in [0, 0.1) is 6.92 Å². The Balaban J connectivity index is 2.52. The molecule has 4 heteroatoms. The van der Waals surface area contributed by atoms with Crippen LogP contribution in [0.2, 0.25) is 0 Å². The maximum Gasteiger partial charge on any atom is 0.258 e. The van der Waals surface area contributed by atoms with Gasteiger partial charge in [-0.3, -0.25) is 4.79 Å². The predicted molar refractivity (Wildman–Crippen MR) is 75.2 cm³/mol. The van der Waals surface area contributed by atoms with Crippen molar-refractivity contribution in [3.05, 3.63) is 29.8 Å². The predicted octanol–water partition coefficient (Wildman–Crippen LogP) is 2.04. The molecule has 0 fully saturated rings. The van der Waals surface area contributed by atoms with Crippen LogP contribution in [0.15, 0.2) is 24.3 Å². The molecule has 2 N–H and O–H groups in total. The van der Waals surface area contributed by atoms with Crippen LogP contribution >= 0.6 is 0 Å². The maximum atomic E-state index is 11.8. The number of hydrogen-bond acceptors (Lipinski definition) is 3. The number of amides is 1. The van der Waals surface area contributed by atoms with E-state index in [-0.39, 0.29) is 19.1 Å². The second-order valence-electron chi connectivity index (χ2n) is 4.80. The zero-order chi connectivity index (χ0) is 14.3. The number of rotatable bonds is 7. The molecule has 0 aliphatic carbocycles. The summed E-state index contributed by atoms with van der Waals surface area (Å²) in [6.45, 7) is 5.77. The van der Waals surface area contributed by atoms with E-state index in [1.54, 1.807) is 0 Å². The van der Waals surface area contributed by atoms with Crippen LogP contribution in [0.1, 0.15) is 32.3 Å². The van der Waals surface area contributed by atoms with E-state index in [0.29, 0.717) is 18.6 Å². The summed E-state index contributed by atoms with van der Waals surface area (Å²) in [5.74, 6) is 0.469. The Morgan fingerprint density at radius 3 is 2.58 bits per heavy atom. The molecule has 0 saturated carbocycles. The van der Waals surface area contributed by atoms with Crippen LogP contribution in [-0.2, 0) is 4.79 Å². The number of aliphatic hydroxyl groups is 1. The third-order valence-corrected chi connectivity index (χ3v) is 3.42. The first kappa shape index (κ1) is 15.5. The summed E-state index contributed by atoms with van der Waals surface area (Å²) >= 11 is 0. The molecule has 0 aliphatic rings. The van der Waals surface area contributed by atoms with Gasteiger partial charge in [0.1, 0.15) is 5.75 Å². The van der Waals surface area contributed by atoms with E-state index < -0.39 is 5.54 Å². The van der Waals surface area contributed by atoms with Crippen molar-refractivity contribution in [2.24, 2.45) is 0 Å². The van der Waals surface area contributed by atoms with Gasteiger partial charge in [-0.15, -0.1) is 0 Å². The molecule has 4 nitrogen and oxygen atoms in total. The minimum Gasteiger partial charge on any atom is -0.484 e. The number of nitrogens with one attached hydrogen (secondary N) is 1. The lowest BCUT2D eigenvalue weighted by Gasteiger charge is -2.30. The van der Waals surface area contributed by atoms with Crippen molar-refractivity contribution in [1.82, 2.24) is 5.32 Å². The van der Waals surface area contributed by atoms with E-state index in [1.165, 1.54) is 0 Å².